The second kappa shape index (κ2) is 3.64. The third kappa shape index (κ3) is 1.37. The van der Waals surface area contributed by atoms with Gasteiger partial charge in [0.15, 0.2) is 12.0 Å². The zero-order valence-corrected chi connectivity index (χ0v) is 8.70. The van der Waals surface area contributed by atoms with Gasteiger partial charge in [-0.1, -0.05) is 12.1 Å². The maximum atomic E-state index is 12.7. The van der Waals surface area contributed by atoms with Crippen LogP contribution < -0.4 is 4.65 Å². The number of quaternary nitrogens is 1. The topological polar surface area (TPSA) is 53.9 Å². The maximum Gasteiger partial charge on any atom is 0.227 e. The van der Waals surface area contributed by atoms with Gasteiger partial charge in [-0.25, -0.2) is 0 Å². The van der Waals surface area contributed by atoms with Gasteiger partial charge in [0.2, 0.25) is 6.23 Å². The highest BCUT2D eigenvalue weighted by molar-refractivity contribution is 5.89. The monoisotopic (exact) mass is 220 g/mol. The predicted octanol–water partition coefficient (Wildman–Crippen LogP) is 1.54. The number of benzene rings is 1. The Bertz CT molecular complexity index is 429. The molecule has 16 heavy (non-hydrogen) atoms. The molecule has 3 rings (SSSR count). The lowest BCUT2D eigenvalue weighted by Crippen LogP contribution is -2.55. The lowest BCUT2D eigenvalue weighted by atomic mass is 10.2. The van der Waals surface area contributed by atoms with Crippen molar-refractivity contribution < 1.29 is 9.47 Å². The molecule has 5 nitrogen and oxygen atoms in total. The first-order valence-corrected chi connectivity index (χ1v) is 5.24. The van der Waals surface area contributed by atoms with Crippen LogP contribution in [0.3, 0.4) is 0 Å². The van der Waals surface area contributed by atoms with Crippen molar-refractivity contribution in [2.75, 3.05) is 19.8 Å². The van der Waals surface area contributed by atoms with Gasteiger partial charge in [0.1, 0.15) is 12.3 Å². The van der Waals surface area contributed by atoms with E-state index >= 15 is 0 Å². The Labute approximate surface area is 93.1 Å². The summed E-state index contributed by atoms with van der Waals surface area (Å²) in [4.78, 5) is 4.13. The molecule has 84 valence electrons. The number of hydroxylamine groups is 2. The fourth-order valence-electron chi connectivity index (χ4n) is 2.01. The molecule has 2 aliphatic heterocycles. The van der Waals surface area contributed by atoms with Crippen LogP contribution in [0.5, 0.6) is 0 Å². The average molecular weight is 220 g/mol. The first-order valence-electron chi connectivity index (χ1n) is 5.24. The van der Waals surface area contributed by atoms with Gasteiger partial charge in [-0.05, 0) is 6.07 Å². The van der Waals surface area contributed by atoms with Crippen LogP contribution in [0.1, 0.15) is 0 Å². The average Bonchev–Trinajstić information content (AvgIpc) is 2.71. The molecule has 0 radical (unpaired) electrons. The van der Waals surface area contributed by atoms with Crippen LogP contribution >= 0.6 is 0 Å². The van der Waals surface area contributed by atoms with Crippen molar-refractivity contribution in [1.82, 2.24) is 4.65 Å². The van der Waals surface area contributed by atoms with E-state index in [1.165, 1.54) is 6.34 Å². The molecule has 0 saturated carbocycles. The molecule has 1 aromatic carbocycles. The van der Waals surface area contributed by atoms with E-state index in [4.69, 9.17) is 9.47 Å². The van der Waals surface area contributed by atoms with E-state index in [1.807, 2.05) is 18.2 Å². The van der Waals surface area contributed by atoms with Crippen molar-refractivity contribution in [3.05, 3.63) is 29.5 Å². The Morgan fingerprint density at radius 2 is 2.19 bits per heavy atom. The summed E-state index contributed by atoms with van der Waals surface area (Å²) in [5.41, 5.74) is 1.34. The third-order valence-corrected chi connectivity index (χ3v) is 2.85. The molecular formula is C11H12N2O3. The molecule has 2 unspecified atom stereocenters. The normalized spacial score (nSPS) is 32.7. The van der Waals surface area contributed by atoms with Crippen molar-refractivity contribution in [2.24, 2.45) is 4.99 Å². The van der Waals surface area contributed by atoms with E-state index in [9.17, 15) is 5.21 Å². The SMILES string of the molecule is [O-][N+]1(C2COCCO2)C=Nc2ccccc21. The molecule has 0 N–H and O–H groups in total. The summed E-state index contributed by atoms with van der Waals surface area (Å²) in [5, 5.41) is 12.7. The highest BCUT2D eigenvalue weighted by Gasteiger charge is 2.38. The summed E-state index contributed by atoms with van der Waals surface area (Å²) >= 11 is 0. The van der Waals surface area contributed by atoms with Crippen LogP contribution in [-0.4, -0.2) is 32.4 Å². The lowest BCUT2D eigenvalue weighted by Gasteiger charge is -2.42. The summed E-state index contributed by atoms with van der Waals surface area (Å²) in [6.07, 6.45) is 0.838. The van der Waals surface area contributed by atoms with Crippen molar-refractivity contribution in [3.8, 4) is 0 Å². The summed E-state index contributed by atoms with van der Waals surface area (Å²) in [5.74, 6) is 0. The Balaban J connectivity index is 1.97. The van der Waals surface area contributed by atoms with Crippen molar-refractivity contribution >= 4 is 17.7 Å². The molecule has 1 aromatic rings. The number of nitrogens with zero attached hydrogens (tertiary/aromatic N) is 2. The van der Waals surface area contributed by atoms with E-state index in [0.29, 0.717) is 31.2 Å². The van der Waals surface area contributed by atoms with Crippen LogP contribution in [0.4, 0.5) is 11.4 Å². The van der Waals surface area contributed by atoms with Crippen LogP contribution in [0.15, 0.2) is 29.3 Å². The first-order chi connectivity index (χ1) is 7.81. The molecule has 0 bridgehead atoms. The molecule has 1 saturated heterocycles. The van der Waals surface area contributed by atoms with Gasteiger partial charge >= 0.3 is 0 Å². The molecule has 0 aliphatic carbocycles. The van der Waals surface area contributed by atoms with Crippen LogP contribution in [0.25, 0.3) is 0 Å². The minimum absolute atomic E-state index is 0.309. The van der Waals surface area contributed by atoms with Crippen LogP contribution in [-0.2, 0) is 9.47 Å². The number of ether oxygens (including phenoxy) is 2. The highest BCUT2D eigenvalue weighted by Crippen LogP contribution is 2.39. The van der Waals surface area contributed by atoms with Gasteiger partial charge in [0.25, 0.3) is 0 Å². The quantitative estimate of drug-likeness (QED) is 0.532. The zero-order chi connectivity index (χ0) is 11.0. The molecule has 2 aliphatic rings. The molecule has 2 atom stereocenters. The zero-order valence-electron chi connectivity index (χ0n) is 8.70. The van der Waals surface area contributed by atoms with Crippen molar-refractivity contribution in [1.29, 1.82) is 0 Å². The summed E-state index contributed by atoms with van der Waals surface area (Å²) < 4.78 is 10.1. The van der Waals surface area contributed by atoms with Gasteiger partial charge in [0, 0.05) is 6.07 Å². The fourth-order valence-corrected chi connectivity index (χ4v) is 2.01. The molecule has 1 fully saturated rings. The van der Waals surface area contributed by atoms with E-state index in [1.54, 1.807) is 6.07 Å². The van der Waals surface area contributed by atoms with Gasteiger partial charge < -0.3 is 14.7 Å². The van der Waals surface area contributed by atoms with E-state index < -0.39 is 10.9 Å². The highest BCUT2D eigenvalue weighted by atomic mass is 16.7. The minimum Gasteiger partial charge on any atom is -0.619 e. The van der Waals surface area contributed by atoms with E-state index in [2.05, 4.69) is 4.99 Å². The van der Waals surface area contributed by atoms with Crippen LogP contribution in [0.2, 0.25) is 0 Å². The Hall–Kier alpha value is -1.27. The minimum atomic E-state index is -0.670. The predicted molar refractivity (Wildman–Crippen MR) is 60.3 cm³/mol. The van der Waals surface area contributed by atoms with Gasteiger partial charge in [-0.3, -0.25) is 4.65 Å². The second-order valence-corrected chi connectivity index (χ2v) is 3.84. The molecular weight excluding hydrogens is 208 g/mol. The molecule has 0 aromatic heterocycles. The van der Waals surface area contributed by atoms with E-state index in [-0.39, 0.29) is 0 Å². The Kier molecular flexibility index (Phi) is 2.26. The summed E-state index contributed by atoms with van der Waals surface area (Å²) in [6, 6.07) is 7.31. The number of aliphatic imine (C=N–C) groups is 1. The molecule has 2 heterocycles. The Morgan fingerprint density at radius 1 is 1.31 bits per heavy atom. The first kappa shape index (κ1) is 9.92. The maximum absolute atomic E-state index is 12.7. The smallest absolute Gasteiger partial charge is 0.227 e. The third-order valence-electron chi connectivity index (χ3n) is 2.85. The number of para-hydroxylation sites is 2. The molecule has 0 amide bonds. The van der Waals surface area contributed by atoms with Crippen molar-refractivity contribution in [2.45, 2.75) is 6.23 Å². The molecule has 0 spiro atoms. The lowest BCUT2D eigenvalue weighted by molar-refractivity contribution is -0.121. The largest absolute Gasteiger partial charge is 0.619 e. The molecule has 5 heteroatoms. The summed E-state index contributed by atoms with van der Waals surface area (Å²) in [6.45, 7) is 1.32. The van der Waals surface area contributed by atoms with Gasteiger partial charge in [-0.2, -0.15) is 4.99 Å². The second-order valence-electron chi connectivity index (χ2n) is 3.84. The van der Waals surface area contributed by atoms with Gasteiger partial charge in [-0.15, -0.1) is 0 Å². The number of hydrogen-bond donors (Lipinski definition) is 0. The number of fused-ring (bicyclic) bond motifs is 1. The van der Waals surface area contributed by atoms with Crippen LogP contribution in [0, 0.1) is 5.21 Å². The number of hydrogen-bond acceptors (Lipinski definition) is 4. The fraction of sp³-hybridized carbons (Fsp3) is 0.364. The number of rotatable bonds is 1. The van der Waals surface area contributed by atoms with Gasteiger partial charge in [0.05, 0.1) is 13.2 Å². The van der Waals surface area contributed by atoms with Crippen molar-refractivity contribution in [3.63, 3.8) is 0 Å². The standard InChI is InChI=1S/C11H12N2O3/c14-13(11-7-15-5-6-16-11)8-12-9-3-1-2-4-10(9)13/h1-4,8,11H,5-7H2. The Morgan fingerprint density at radius 3 is 3.00 bits per heavy atom. The summed E-state index contributed by atoms with van der Waals surface area (Å²) in [7, 11) is 0. The van der Waals surface area contributed by atoms with E-state index in [0.717, 1.165) is 0 Å².